The van der Waals surface area contributed by atoms with Crippen LogP contribution >= 0.6 is 11.8 Å². The number of fused-ring (bicyclic) bond motifs is 1. The van der Waals surface area contributed by atoms with Crippen molar-refractivity contribution in [2.24, 2.45) is 0 Å². The number of carbonyl (C=O) groups is 1. The van der Waals surface area contributed by atoms with E-state index in [1.165, 1.54) is 5.56 Å². The van der Waals surface area contributed by atoms with Gasteiger partial charge in [-0.15, -0.1) is 0 Å². The van der Waals surface area contributed by atoms with Gasteiger partial charge in [-0.1, -0.05) is 60.7 Å². The maximum atomic E-state index is 13.0. The molecule has 146 valence electrons. The summed E-state index contributed by atoms with van der Waals surface area (Å²) in [5, 5.41) is 13.2. The molecule has 0 fully saturated rings. The molecule has 4 aromatic rings. The molecule has 0 atom stereocenters. The highest BCUT2D eigenvalue weighted by Gasteiger charge is 2.20. The van der Waals surface area contributed by atoms with Gasteiger partial charge in [-0.2, -0.15) is 11.8 Å². The summed E-state index contributed by atoms with van der Waals surface area (Å²) in [6.07, 6.45) is 0. The summed E-state index contributed by atoms with van der Waals surface area (Å²) in [6.45, 7) is -0.0737. The Morgan fingerprint density at radius 2 is 1.66 bits per heavy atom. The number of aliphatic hydroxyl groups is 1. The lowest BCUT2D eigenvalue weighted by atomic mass is 10.1. The van der Waals surface area contributed by atoms with Crippen LogP contribution in [0.1, 0.15) is 27.2 Å². The van der Waals surface area contributed by atoms with E-state index in [4.69, 9.17) is 4.42 Å². The SMILES string of the molecule is O=C(Nc1cccc(CO)c1)c1oc2ccccc2c1CSCc1ccccc1. The van der Waals surface area contributed by atoms with Crippen LogP contribution in [0.25, 0.3) is 11.0 Å². The second-order valence-electron chi connectivity index (χ2n) is 6.70. The first kappa shape index (κ1) is 19.3. The van der Waals surface area contributed by atoms with Crippen LogP contribution in [-0.2, 0) is 18.1 Å². The molecule has 0 spiro atoms. The van der Waals surface area contributed by atoms with E-state index in [9.17, 15) is 9.90 Å². The first-order valence-electron chi connectivity index (χ1n) is 9.38. The molecular weight excluding hydrogens is 382 g/mol. The lowest BCUT2D eigenvalue weighted by Gasteiger charge is -2.07. The van der Waals surface area contributed by atoms with E-state index in [2.05, 4.69) is 17.4 Å². The molecule has 0 aliphatic carbocycles. The number of hydrogen-bond acceptors (Lipinski definition) is 4. The molecule has 5 heteroatoms. The summed E-state index contributed by atoms with van der Waals surface area (Å²) in [5.41, 5.74) is 4.22. The van der Waals surface area contributed by atoms with Crippen molar-refractivity contribution in [3.8, 4) is 0 Å². The minimum absolute atomic E-state index is 0.0737. The number of aliphatic hydroxyl groups excluding tert-OH is 1. The average molecular weight is 404 g/mol. The van der Waals surface area contributed by atoms with Crippen LogP contribution in [0.3, 0.4) is 0 Å². The van der Waals surface area contributed by atoms with E-state index in [1.807, 2.05) is 48.5 Å². The third kappa shape index (κ3) is 4.53. The van der Waals surface area contributed by atoms with E-state index >= 15 is 0 Å². The molecule has 2 N–H and O–H groups in total. The zero-order valence-corrected chi connectivity index (χ0v) is 16.6. The highest BCUT2D eigenvalue weighted by atomic mass is 32.2. The predicted molar refractivity (Wildman–Crippen MR) is 118 cm³/mol. The van der Waals surface area contributed by atoms with Crippen molar-refractivity contribution >= 4 is 34.3 Å². The lowest BCUT2D eigenvalue weighted by Crippen LogP contribution is -2.13. The van der Waals surface area contributed by atoms with Gasteiger partial charge in [-0.25, -0.2) is 0 Å². The summed E-state index contributed by atoms with van der Waals surface area (Å²) in [6, 6.07) is 25.1. The average Bonchev–Trinajstić information content (AvgIpc) is 3.13. The van der Waals surface area contributed by atoms with Gasteiger partial charge < -0.3 is 14.8 Å². The number of nitrogens with one attached hydrogen (secondary N) is 1. The van der Waals surface area contributed by atoms with Crippen molar-refractivity contribution in [1.29, 1.82) is 0 Å². The van der Waals surface area contributed by atoms with Crippen molar-refractivity contribution in [2.45, 2.75) is 18.1 Å². The molecule has 29 heavy (non-hydrogen) atoms. The minimum atomic E-state index is -0.286. The van der Waals surface area contributed by atoms with E-state index in [1.54, 1.807) is 30.0 Å². The van der Waals surface area contributed by atoms with Crippen LogP contribution in [0.15, 0.2) is 83.3 Å². The monoisotopic (exact) mass is 403 g/mol. The number of carbonyl (C=O) groups excluding carboxylic acids is 1. The maximum absolute atomic E-state index is 13.0. The van der Waals surface area contributed by atoms with Crippen molar-refractivity contribution in [3.05, 3.63) is 101 Å². The normalized spacial score (nSPS) is 10.9. The van der Waals surface area contributed by atoms with Crippen molar-refractivity contribution in [1.82, 2.24) is 0 Å². The second kappa shape index (κ2) is 8.99. The summed E-state index contributed by atoms with van der Waals surface area (Å²) >= 11 is 1.75. The summed E-state index contributed by atoms with van der Waals surface area (Å²) in [4.78, 5) is 13.0. The molecule has 1 heterocycles. The van der Waals surface area contributed by atoms with Gasteiger partial charge in [0, 0.05) is 28.1 Å². The maximum Gasteiger partial charge on any atom is 0.291 e. The van der Waals surface area contributed by atoms with Gasteiger partial charge in [-0.05, 0) is 29.3 Å². The Labute approximate surface area is 173 Å². The number of anilines is 1. The fourth-order valence-corrected chi connectivity index (χ4v) is 4.23. The minimum Gasteiger partial charge on any atom is -0.451 e. The topological polar surface area (TPSA) is 62.5 Å². The first-order valence-corrected chi connectivity index (χ1v) is 10.5. The summed E-state index contributed by atoms with van der Waals surface area (Å²) in [5.74, 6) is 1.58. The molecule has 0 saturated heterocycles. The van der Waals surface area contributed by atoms with Crippen molar-refractivity contribution in [2.75, 3.05) is 5.32 Å². The fraction of sp³-hybridized carbons (Fsp3) is 0.125. The zero-order chi connectivity index (χ0) is 20.1. The number of rotatable bonds is 7. The predicted octanol–water partition coefficient (Wildman–Crippen LogP) is 5.61. The Balaban J connectivity index is 1.57. The molecule has 0 bridgehead atoms. The smallest absolute Gasteiger partial charge is 0.291 e. The Hall–Kier alpha value is -3.02. The van der Waals surface area contributed by atoms with Crippen LogP contribution in [0.5, 0.6) is 0 Å². The Morgan fingerprint density at radius 1 is 0.897 bits per heavy atom. The van der Waals surface area contributed by atoms with E-state index in [0.717, 1.165) is 22.3 Å². The van der Waals surface area contributed by atoms with Crippen molar-refractivity contribution in [3.63, 3.8) is 0 Å². The molecule has 0 radical (unpaired) electrons. The van der Waals surface area contributed by atoms with E-state index in [-0.39, 0.29) is 12.5 Å². The van der Waals surface area contributed by atoms with Gasteiger partial charge in [0.25, 0.3) is 5.91 Å². The van der Waals surface area contributed by atoms with Crippen LogP contribution in [0, 0.1) is 0 Å². The lowest BCUT2D eigenvalue weighted by molar-refractivity contribution is 0.0998. The molecular formula is C24H21NO3S. The molecule has 3 aromatic carbocycles. The molecule has 0 unspecified atom stereocenters. The highest BCUT2D eigenvalue weighted by molar-refractivity contribution is 7.97. The van der Waals surface area contributed by atoms with Crippen LogP contribution in [-0.4, -0.2) is 11.0 Å². The molecule has 0 aliphatic heterocycles. The van der Waals surface area contributed by atoms with Gasteiger partial charge in [0.15, 0.2) is 5.76 Å². The van der Waals surface area contributed by atoms with Gasteiger partial charge in [0.2, 0.25) is 0 Å². The number of thioether (sulfide) groups is 1. The third-order valence-electron chi connectivity index (χ3n) is 4.63. The Kier molecular flexibility index (Phi) is 5.98. The fourth-order valence-electron chi connectivity index (χ4n) is 3.21. The van der Waals surface area contributed by atoms with Gasteiger partial charge >= 0.3 is 0 Å². The molecule has 1 amide bonds. The molecule has 4 nitrogen and oxygen atoms in total. The van der Waals surface area contributed by atoms with Crippen molar-refractivity contribution < 1.29 is 14.3 Å². The van der Waals surface area contributed by atoms with Crippen LogP contribution < -0.4 is 5.32 Å². The number of hydrogen-bond donors (Lipinski definition) is 2. The highest BCUT2D eigenvalue weighted by Crippen LogP contribution is 2.31. The third-order valence-corrected chi connectivity index (χ3v) is 5.66. The van der Waals surface area contributed by atoms with Crippen LogP contribution in [0.2, 0.25) is 0 Å². The molecule has 4 rings (SSSR count). The first-order chi connectivity index (χ1) is 14.2. The summed E-state index contributed by atoms with van der Waals surface area (Å²) < 4.78 is 5.92. The van der Waals surface area contributed by atoms with Gasteiger partial charge in [0.05, 0.1) is 6.61 Å². The van der Waals surface area contributed by atoms with E-state index in [0.29, 0.717) is 22.8 Å². The quantitative estimate of drug-likeness (QED) is 0.421. The Morgan fingerprint density at radius 3 is 2.48 bits per heavy atom. The number of amides is 1. The molecule has 0 saturated carbocycles. The second-order valence-corrected chi connectivity index (χ2v) is 7.68. The number of benzene rings is 3. The largest absolute Gasteiger partial charge is 0.451 e. The van der Waals surface area contributed by atoms with Gasteiger partial charge in [0.1, 0.15) is 5.58 Å². The van der Waals surface area contributed by atoms with Gasteiger partial charge in [-0.3, -0.25) is 4.79 Å². The zero-order valence-electron chi connectivity index (χ0n) is 15.8. The van der Waals surface area contributed by atoms with Crippen LogP contribution in [0.4, 0.5) is 5.69 Å². The Bertz CT molecular complexity index is 1120. The standard InChI is InChI=1S/C24H21NO3S/c26-14-18-9-6-10-19(13-18)25-24(27)23-21(20-11-4-5-12-22(20)28-23)16-29-15-17-7-2-1-3-8-17/h1-13,26H,14-16H2,(H,25,27). The summed E-state index contributed by atoms with van der Waals surface area (Å²) in [7, 11) is 0. The molecule has 0 aliphatic rings. The number of para-hydroxylation sites is 1. The number of furan rings is 1. The molecule has 1 aromatic heterocycles. The van der Waals surface area contributed by atoms with E-state index < -0.39 is 0 Å².